The van der Waals surface area contributed by atoms with Gasteiger partial charge in [0.15, 0.2) is 0 Å². The second-order valence-electron chi connectivity index (χ2n) is 10.7. The van der Waals surface area contributed by atoms with Crippen LogP contribution < -0.4 is 19.4 Å². The molecule has 3 aromatic rings. The van der Waals surface area contributed by atoms with Gasteiger partial charge < -0.3 is 19.4 Å². The number of ether oxygens (including phenoxy) is 1. The summed E-state index contributed by atoms with van der Waals surface area (Å²) in [6.07, 6.45) is 1.33. The average molecular weight is 526 g/mol. The molecular formula is C32H35N3O4. The van der Waals surface area contributed by atoms with Gasteiger partial charge in [0.05, 0.1) is 23.9 Å². The molecule has 0 N–H and O–H groups in total. The van der Waals surface area contributed by atoms with Crippen LogP contribution in [0.25, 0.3) is 0 Å². The van der Waals surface area contributed by atoms with E-state index in [0.29, 0.717) is 49.7 Å². The van der Waals surface area contributed by atoms with E-state index in [2.05, 4.69) is 6.07 Å². The Balaban J connectivity index is 1.30. The molecule has 5 rings (SSSR count). The number of rotatable bonds is 7. The summed E-state index contributed by atoms with van der Waals surface area (Å²) in [5, 5.41) is 0. The Labute approximate surface area is 230 Å². The lowest BCUT2D eigenvalue weighted by Crippen LogP contribution is -2.47. The number of hydrogen-bond donors (Lipinski definition) is 0. The topological polar surface area (TPSA) is 70.2 Å². The van der Waals surface area contributed by atoms with Crippen LogP contribution in [-0.4, -0.2) is 44.5 Å². The molecule has 3 amide bonds. The molecule has 0 saturated heterocycles. The van der Waals surface area contributed by atoms with E-state index in [0.717, 1.165) is 11.3 Å². The molecule has 7 heteroatoms. The zero-order chi connectivity index (χ0) is 27.7. The molecule has 1 unspecified atom stereocenters. The number of anilines is 3. The quantitative estimate of drug-likeness (QED) is 0.315. The SMILES string of the molecule is CCN1C(=O)C(C)(C)C(=O)N(C)c2cc(OCCCN3C(=O)C(c4ccccc4)Cc4ccccc43)ccc21. The molecule has 0 aromatic heterocycles. The summed E-state index contributed by atoms with van der Waals surface area (Å²) in [7, 11) is 1.70. The summed E-state index contributed by atoms with van der Waals surface area (Å²) in [6, 6.07) is 23.5. The maximum Gasteiger partial charge on any atom is 0.242 e. The zero-order valence-corrected chi connectivity index (χ0v) is 23.0. The van der Waals surface area contributed by atoms with Crippen molar-refractivity contribution in [3.8, 4) is 5.75 Å². The van der Waals surface area contributed by atoms with Gasteiger partial charge in [-0.05, 0) is 62.9 Å². The van der Waals surface area contributed by atoms with Crippen LogP contribution in [0.5, 0.6) is 5.75 Å². The van der Waals surface area contributed by atoms with Gasteiger partial charge in [-0.3, -0.25) is 14.4 Å². The third-order valence-corrected chi connectivity index (χ3v) is 7.80. The molecular weight excluding hydrogens is 490 g/mol. The van der Waals surface area contributed by atoms with Crippen molar-refractivity contribution in [2.75, 3.05) is 41.4 Å². The smallest absolute Gasteiger partial charge is 0.242 e. The molecule has 0 aliphatic carbocycles. The van der Waals surface area contributed by atoms with E-state index < -0.39 is 5.41 Å². The van der Waals surface area contributed by atoms with Crippen molar-refractivity contribution in [1.82, 2.24) is 0 Å². The lowest BCUT2D eigenvalue weighted by molar-refractivity contribution is -0.137. The number of nitrogens with zero attached hydrogens (tertiary/aromatic N) is 3. The van der Waals surface area contributed by atoms with Crippen LogP contribution in [0.15, 0.2) is 72.8 Å². The Bertz CT molecular complexity index is 1400. The van der Waals surface area contributed by atoms with Crippen LogP contribution in [0.1, 0.15) is 44.2 Å². The van der Waals surface area contributed by atoms with Crippen LogP contribution in [0, 0.1) is 5.41 Å². The van der Waals surface area contributed by atoms with Gasteiger partial charge in [-0.2, -0.15) is 0 Å². The lowest BCUT2D eigenvalue weighted by Gasteiger charge is -2.34. The van der Waals surface area contributed by atoms with Crippen LogP contribution in [-0.2, 0) is 20.8 Å². The van der Waals surface area contributed by atoms with Gasteiger partial charge in [0, 0.05) is 31.9 Å². The standard InChI is InChI=1S/C32H35N3O4/c1-5-34-27-17-16-24(21-28(27)33(4)30(37)32(2,3)31(34)38)39-19-11-18-35-26-15-10-9-14-23(26)20-25(29(35)36)22-12-7-6-8-13-22/h6-10,12-17,21,25H,5,11,18-20H2,1-4H3. The summed E-state index contributed by atoms with van der Waals surface area (Å²) in [5.74, 6) is 0.0564. The van der Waals surface area contributed by atoms with Crippen molar-refractivity contribution >= 4 is 34.8 Å². The van der Waals surface area contributed by atoms with E-state index >= 15 is 0 Å². The van der Waals surface area contributed by atoms with Crippen molar-refractivity contribution in [3.05, 3.63) is 83.9 Å². The predicted octanol–water partition coefficient (Wildman–Crippen LogP) is 5.18. The van der Waals surface area contributed by atoms with Gasteiger partial charge in [-0.15, -0.1) is 0 Å². The number of amides is 3. The molecule has 0 bridgehead atoms. The molecule has 0 saturated carbocycles. The van der Waals surface area contributed by atoms with Gasteiger partial charge in [0.2, 0.25) is 17.7 Å². The summed E-state index contributed by atoms with van der Waals surface area (Å²) in [6.45, 7) is 6.65. The molecule has 202 valence electrons. The van der Waals surface area contributed by atoms with Crippen molar-refractivity contribution in [2.24, 2.45) is 5.41 Å². The molecule has 7 nitrogen and oxygen atoms in total. The Morgan fingerprint density at radius 2 is 1.56 bits per heavy atom. The highest BCUT2D eigenvalue weighted by molar-refractivity contribution is 6.20. The van der Waals surface area contributed by atoms with Crippen molar-refractivity contribution in [3.63, 3.8) is 0 Å². The molecule has 0 spiro atoms. The van der Waals surface area contributed by atoms with E-state index in [1.165, 1.54) is 5.56 Å². The molecule has 1 atom stereocenters. The first kappa shape index (κ1) is 26.5. The lowest BCUT2D eigenvalue weighted by atomic mass is 9.86. The monoisotopic (exact) mass is 525 g/mol. The number of hydrogen-bond acceptors (Lipinski definition) is 4. The van der Waals surface area contributed by atoms with Gasteiger partial charge in [-0.1, -0.05) is 48.5 Å². The van der Waals surface area contributed by atoms with E-state index in [1.54, 1.807) is 30.7 Å². The minimum Gasteiger partial charge on any atom is -0.493 e. The third kappa shape index (κ3) is 4.78. The number of carbonyl (C=O) groups is 3. The fourth-order valence-corrected chi connectivity index (χ4v) is 5.62. The van der Waals surface area contributed by atoms with Crippen molar-refractivity contribution in [2.45, 2.75) is 39.5 Å². The Hall–Kier alpha value is -4.13. The van der Waals surface area contributed by atoms with Gasteiger partial charge in [0.25, 0.3) is 0 Å². The summed E-state index contributed by atoms with van der Waals surface area (Å²) >= 11 is 0. The number of para-hydroxylation sites is 1. The van der Waals surface area contributed by atoms with Crippen molar-refractivity contribution < 1.29 is 19.1 Å². The maximum absolute atomic E-state index is 13.6. The molecule has 2 aliphatic heterocycles. The van der Waals surface area contributed by atoms with Gasteiger partial charge >= 0.3 is 0 Å². The summed E-state index contributed by atoms with van der Waals surface area (Å²) in [5.41, 5.74) is 3.35. The largest absolute Gasteiger partial charge is 0.493 e. The van der Waals surface area contributed by atoms with E-state index in [1.807, 2.05) is 78.6 Å². The predicted molar refractivity (Wildman–Crippen MR) is 153 cm³/mol. The maximum atomic E-state index is 13.6. The Kier molecular flexibility index (Phi) is 7.17. The normalized spacial score (nSPS) is 18.5. The summed E-state index contributed by atoms with van der Waals surface area (Å²) < 4.78 is 6.09. The van der Waals surface area contributed by atoms with Crippen LogP contribution >= 0.6 is 0 Å². The van der Waals surface area contributed by atoms with E-state index in [4.69, 9.17) is 4.74 Å². The molecule has 0 fully saturated rings. The van der Waals surface area contributed by atoms with Crippen LogP contribution in [0.3, 0.4) is 0 Å². The first-order valence-corrected chi connectivity index (χ1v) is 13.5. The highest BCUT2D eigenvalue weighted by Gasteiger charge is 2.45. The van der Waals surface area contributed by atoms with Crippen molar-refractivity contribution in [1.29, 1.82) is 0 Å². The van der Waals surface area contributed by atoms with E-state index in [9.17, 15) is 14.4 Å². The molecule has 39 heavy (non-hydrogen) atoms. The Morgan fingerprint density at radius 1 is 0.846 bits per heavy atom. The number of benzene rings is 3. The second-order valence-corrected chi connectivity index (χ2v) is 10.7. The summed E-state index contributed by atoms with van der Waals surface area (Å²) in [4.78, 5) is 44.9. The highest BCUT2D eigenvalue weighted by Crippen LogP contribution is 2.40. The third-order valence-electron chi connectivity index (χ3n) is 7.80. The first-order chi connectivity index (χ1) is 18.7. The van der Waals surface area contributed by atoms with Crippen LogP contribution in [0.4, 0.5) is 17.1 Å². The van der Waals surface area contributed by atoms with Crippen LogP contribution in [0.2, 0.25) is 0 Å². The van der Waals surface area contributed by atoms with Gasteiger partial charge in [-0.25, -0.2) is 0 Å². The molecule has 0 radical (unpaired) electrons. The first-order valence-electron chi connectivity index (χ1n) is 13.5. The number of fused-ring (bicyclic) bond motifs is 2. The molecule has 3 aromatic carbocycles. The fourth-order valence-electron chi connectivity index (χ4n) is 5.62. The number of carbonyl (C=O) groups excluding carboxylic acids is 3. The van der Waals surface area contributed by atoms with E-state index in [-0.39, 0.29) is 23.6 Å². The average Bonchev–Trinajstić information content (AvgIpc) is 3.00. The highest BCUT2D eigenvalue weighted by atomic mass is 16.5. The minimum atomic E-state index is -1.15. The second kappa shape index (κ2) is 10.6. The molecule has 2 aliphatic rings. The fraction of sp³-hybridized carbons (Fsp3) is 0.344. The van der Waals surface area contributed by atoms with Gasteiger partial charge in [0.1, 0.15) is 11.2 Å². The minimum absolute atomic E-state index is 0.108. The Morgan fingerprint density at radius 3 is 2.31 bits per heavy atom. The zero-order valence-electron chi connectivity index (χ0n) is 23.0. The molecule has 2 heterocycles.